The zero-order valence-corrected chi connectivity index (χ0v) is 12.6. The van der Waals surface area contributed by atoms with Gasteiger partial charge < -0.3 is 9.47 Å². The number of methoxy groups -OCH3 is 1. The number of halogens is 1. The summed E-state index contributed by atoms with van der Waals surface area (Å²) in [4.78, 5) is 0. The van der Waals surface area contributed by atoms with Gasteiger partial charge in [0, 0.05) is 12.6 Å². The second-order valence-corrected chi connectivity index (χ2v) is 5.57. The first kappa shape index (κ1) is 16.2. The van der Waals surface area contributed by atoms with E-state index in [9.17, 15) is 4.39 Å². The lowest BCUT2D eigenvalue weighted by molar-refractivity contribution is 0.00857. The minimum Gasteiger partial charge on any atom is -0.494 e. The molecule has 1 aromatic rings. The molecule has 2 rings (SSSR count). The van der Waals surface area contributed by atoms with Crippen LogP contribution >= 0.6 is 0 Å². The number of hydrogen-bond donors (Lipinski definition) is 2. The van der Waals surface area contributed by atoms with Crippen molar-refractivity contribution in [2.75, 3.05) is 13.7 Å². The summed E-state index contributed by atoms with van der Waals surface area (Å²) < 4.78 is 24.9. The summed E-state index contributed by atoms with van der Waals surface area (Å²) >= 11 is 0. The van der Waals surface area contributed by atoms with Gasteiger partial charge in [-0.05, 0) is 50.2 Å². The number of nitrogens with one attached hydrogen (secondary N) is 1. The lowest BCUT2D eigenvalue weighted by atomic mass is 9.97. The molecule has 21 heavy (non-hydrogen) atoms. The van der Waals surface area contributed by atoms with Gasteiger partial charge in [-0.1, -0.05) is 12.1 Å². The van der Waals surface area contributed by atoms with Gasteiger partial charge in [-0.3, -0.25) is 11.3 Å². The largest absolute Gasteiger partial charge is 0.494 e. The Morgan fingerprint density at radius 3 is 3.00 bits per heavy atom. The van der Waals surface area contributed by atoms with Gasteiger partial charge in [-0.2, -0.15) is 0 Å². The highest BCUT2D eigenvalue weighted by atomic mass is 19.1. The summed E-state index contributed by atoms with van der Waals surface area (Å²) in [5.41, 5.74) is 3.42. The van der Waals surface area contributed by atoms with Crippen molar-refractivity contribution >= 4 is 0 Å². The Hall–Kier alpha value is -1.17. The number of hydrazine groups is 1. The molecule has 3 N–H and O–H groups in total. The van der Waals surface area contributed by atoms with Crippen molar-refractivity contribution in [2.45, 2.75) is 50.7 Å². The van der Waals surface area contributed by atoms with E-state index in [1.165, 1.54) is 13.5 Å². The van der Waals surface area contributed by atoms with Crippen molar-refractivity contribution in [1.29, 1.82) is 0 Å². The minimum atomic E-state index is -0.297. The third-order valence-corrected chi connectivity index (χ3v) is 4.08. The smallest absolute Gasteiger partial charge is 0.168 e. The molecule has 0 bridgehead atoms. The standard InChI is InChI=1S/C16H25FN2O2/c1-20-15-7-4-5-12(16(15)17)11-13(19-18)8-9-14-6-2-3-10-21-14/h4-5,7,13-14,19H,2-3,6,8-11,18H2,1H3. The van der Waals surface area contributed by atoms with Crippen LogP contribution in [-0.4, -0.2) is 25.9 Å². The molecule has 2 atom stereocenters. The van der Waals surface area contributed by atoms with Crippen LogP contribution in [0, 0.1) is 5.82 Å². The van der Waals surface area contributed by atoms with Crippen molar-refractivity contribution in [2.24, 2.45) is 5.84 Å². The van der Waals surface area contributed by atoms with Crippen LogP contribution in [0.1, 0.15) is 37.7 Å². The number of rotatable bonds is 7. The third kappa shape index (κ3) is 4.66. The zero-order valence-electron chi connectivity index (χ0n) is 12.6. The summed E-state index contributed by atoms with van der Waals surface area (Å²) in [6.45, 7) is 0.857. The first-order valence-electron chi connectivity index (χ1n) is 7.63. The highest BCUT2D eigenvalue weighted by Gasteiger charge is 2.18. The zero-order chi connectivity index (χ0) is 15.1. The molecule has 0 amide bonds. The number of benzene rings is 1. The summed E-state index contributed by atoms with van der Waals surface area (Å²) in [5, 5.41) is 0. The molecule has 0 spiro atoms. The van der Waals surface area contributed by atoms with Crippen molar-refractivity contribution in [3.63, 3.8) is 0 Å². The van der Waals surface area contributed by atoms with Crippen LogP contribution in [0.5, 0.6) is 5.75 Å². The normalized spacial score (nSPS) is 20.2. The van der Waals surface area contributed by atoms with E-state index in [-0.39, 0.29) is 17.6 Å². The Labute approximate surface area is 125 Å². The van der Waals surface area contributed by atoms with Crippen LogP contribution in [0.2, 0.25) is 0 Å². The Bertz CT molecular complexity index is 436. The summed E-state index contributed by atoms with van der Waals surface area (Å²) in [6.07, 6.45) is 6.21. The Morgan fingerprint density at radius 2 is 2.33 bits per heavy atom. The highest BCUT2D eigenvalue weighted by Crippen LogP contribution is 2.23. The maximum Gasteiger partial charge on any atom is 0.168 e. The molecular formula is C16H25FN2O2. The minimum absolute atomic E-state index is 0.0390. The van der Waals surface area contributed by atoms with E-state index in [4.69, 9.17) is 15.3 Å². The fourth-order valence-corrected chi connectivity index (χ4v) is 2.80. The van der Waals surface area contributed by atoms with Crippen molar-refractivity contribution in [3.8, 4) is 5.75 Å². The quantitative estimate of drug-likeness (QED) is 0.600. The molecule has 1 fully saturated rings. The molecule has 1 heterocycles. The monoisotopic (exact) mass is 296 g/mol. The van der Waals surface area contributed by atoms with Crippen LogP contribution in [0.15, 0.2) is 18.2 Å². The summed E-state index contributed by atoms with van der Waals surface area (Å²) in [5.74, 6) is 5.59. The molecule has 0 saturated carbocycles. The summed E-state index contributed by atoms with van der Waals surface area (Å²) in [7, 11) is 1.47. The molecule has 5 heteroatoms. The van der Waals surface area contributed by atoms with E-state index < -0.39 is 0 Å². The first-order chi connectivity index (χ1) is 10.2. The van der Waals surface area contributed by atoms with Crippen LogP contribution in [0.4, 0.5) is 4.39 Å². The SMILES string of the molecule is COc1cccc(CC(CCC2CCCCO2)NN)c1F. The summed E-state index contributed by atoms with van der Waals surface area (Å²) in [6, 6.07) is 5.24. The van der Waals surface area contributed by atoms with E-state index in [1.54, 1.807) is 18.2 Å². The van der Waals surface area contributed by atoms with Crippen LogP contribution in [0.25, 0.3) is 0 Å². The number of hydrogen-bond acceptors (Lipinski definition) is 4. The average Bonchev–Trinajstić information content (AvgIpc) is 2.54. The van der Waals surface area contributed by atoms with Gasteiger partial charge in [0.25, 0.3) is 0 Å². The molecule has 1 aliphatic rings. The molecule has 4 nitrogen and oxygen atoms in total. The van der Waals surface area contributed by atoms with E-state index in [0.29, 0.717) is 18.1 Å². The van der Waals surface area contributed by atoms with Crippen molar-refractivity contribution in [3.05, 3.63) is 29.6 Å². The van der Waals surface area contributed by atoms with Gasteiger partial charge in [-0.15, -0.1) is 0 Å². The second kappa shape index (κ2) is 8.32. The molecule has 0 aromatic heterocycles. The second-order valence-electron chi connectivity index (χ2n) is 5.57. The predicted octanol–water partition coefficient (Wildman–Crippen LogP) is 2.56. The fourth-order valence-electron chi connectivity index (χ4n) is 2.80. The molecule has 1 aliphatic heterocycles. The maximum absolute atomic E-state index is 14.1. The van der Waals surface area contributed by atoms with Crippen LogP contribution in [-0.2, 0) is 11.2 Å². The first-order valence-corrected chi connectivity index (χ1v) is 7.63. The number of ether oxygens (including phenoxy) is 2. The van der Waals surface area contributed by atoms with Gasteiger partial charge in [0.2, 0.25) is 0 Å². The molecule has 0 aliphatic carbocycles. The lowest BCUT2D eigenvalue weighted by Gasteiger charge is -2.25. The topological polar surface area (TPSA) is 56.5 Å². The third-order valence-electron chi connectivity index (χ3n) is 4.08. The van der Waals surface area contributed by atoms with E-state index in [2.05, 4.69) is 5.43 Å². The van der Waals surface area contributed by atoms with Gasteiger partial charge in [0.05, 0.1) is 13.2 Å². The van der Waals surface area contributed by atoms with Crippen molar-refractivity contribution in [1.82, 2.24) is 5.43 Å². The van der Waals surface area contributed by atoms with Crippen LogP contribution in [0.3, 0.4) is 0 Å². The molecule has 2 unspecified atom stereocenters. The highest BCUT2D eigenvalue weighted by molar-refractivity contribution is 5.31. The van der Waals surface area contributed by atoms with Gasteiger partial charge in [0.15, 0.2) is 11.6 Å². The number of nitrogens with two attached hydrogens (primary N) is 1. The molecule has 1 saturated heterocycles. The Kier molecular flexibility index (Phi) is 6.42. The Balaban J connectivity index is 1.89. The van der Waals surface area contributed by atoms with E-state index in [0.717, 1.165) is 32.3 Å². The average molecular weight is 296 g/mol. The Morgan fingerprint density at radius 1 is 1.48 bits per heavy atom. The molecule has 118 valence electrons. The predicted molar refractivity (Wildman–Crippen MR) is 80.6 cm³/mol. The molecular weight excluding hydrogens is 271 g/mol. The van der Waals surface area contributed by atoms with Gasteiger partial charge >= 0.3 is 0 Å². The van der Waals surface area contributed by atoms with E-state index in [1.807, 2.05) is 0 Å². The molecule has 0 radical (unpaired) electrons. The fraction of sp³-hybridized carbons (Fsp3) is 0.625. The van der Waals surface area contributed by atoms with Crippen LogP contribution < -0.4 is 16.0 Å². The van der Waals surface area contributed by atoms with E-state index >= 15 is 0 Å². The van der Waals surface area contributed by atoms with Gasteiger partial charge in [0.1, 0.15) is 0 Å². The van der Waals surface area contributed by atoms with Crippen molar-refractivity contribution < 1.29 is 13.9 Å². The maximum atomic E-state index is 14.1. The lowest BCUT2D eigenvalue weighted by Crippen LogP contribution is -2.38. The molecule has 1 aromatic carbocycles. The van der Waals surface area contributed by atoms with Gasteiger partial charge in [-0.25, -0.2) is 4.39 Å².